The minimum absolute atomic E-state index is 0.294. The summed E-state index contributed by atoms with van der Waals surface area (Å²) in [4.78, 5) is 18.8. The van der Waals surface area contributed by atoms with Gasteiger partial charge in [0.2, 0.25) is 0 Å². The third-order valence-electron chi connectivity index (χ3n) is 9.51. The van der Waals surface area contributed by atoms with Gasteiger partial charge in [-0.05, 0) is 33.4 Å². The largest absolute Gasteiger partial charge is 0.468 e. The Bertz CT molecular complexity index is 1910. The van der Waals surface area contributed by atoms with Crippen LogP contribution in [-0.4, -0.2) is 28.7 Å². The molecule has 0 fully saturated rings. The fraction of sp³-hybridized carbons (Fsp3) is 0.111. The maximum atomic E-state index is 13.8. The van der Waals surface area contributed by atoms with E-state index in [-0.39, 0.29) is 5.97 Å². The van der Waals surface area contributed by atoms with Gasteiger partial charge in [0.1, 0.15) is 11.6 Å². The molecule has 7 rings (SSSR count). The van der Waals surface area contributed by atoms with E-state index >= 15 is 0 Å². The van der Waals surface area contributed by atoms with Crippen molar-refractivity contribution in [3.8, 4) is 0 Å². The van der Waals surface area contributed by atoms with Gasteiger partial charge in [-0.25, -0.2) is 4.98 Å². The first-order valence-corrected chi connectivity index (χ1v) is 16.9. The van der Waals surface area contributed by atoms with Crippen LogP contribution in [0.5, 0.6) is 0 Å². The zero-order valence-electron chi connectivity index (χ0n) is 28.0. The number of aromatic nitrogens is 2. The van der Waals surface area contributed by atoms with Crippen LogP contribution in [0, 0.1) is 0 Å². The number of nitrogens with zero attached hydrogens (tertiary/aromatic N) is 2. The summed E-state index contributed by atoms with van der Waals surface area (Å²) < 4.78 is 7.66. The lowest BCUT2D eigenvalue weighted by atomic mass is 9.76. The number of carbonyl (C=O) groups is 1. The van der Waals surface area contributed by atoms with E-state index in [9.17, 15) is 4.79 Å². The lowest BCUT2D eigenvalue weighted by molar-refractivity contribution is -0.143. The highest BCUT2D eigenvalue weighted by Gasteiger charge is 2.42. The number of benzene rings is 6. The first-order valence-electron chi connectivity index (χ1n) is 16.9. The third-order valence-corrected chi connectivity index (χ3v) is 9.51. The fourth-order valence-corrected chi connectivity index (χ4v) is 7.26. The van der Waals surface area contributed by atoms with E-state index in [0.29, 0.717) is 6.42 Å². The van der Waals surface area contributed by atoms with E-state index in [0.717, 1.165) is 39.1 Å². The van der Waals surface area contributed by atoms with Crippen LogP contribution in [0.25, 0.3) is 0 Å². The number of ether oxygens (including phenoxy) is 1. The van der Waals surface area contributed by atoms with Crippen LogP contribution in [-0.2, 0) is 27.0 Å². The highest BCUT2D eigenvalue weighted by Crippen LogP contribution is 2.41. The number of nitrogens with one attached hydrogen (secondary N) is 1. The molecule has 0 saturated carbocycles. The highest BCUT2D eigenvalue weighted by molar-refractivity contribution is 5.76. The van der Waals surface area contributed by atoms with Gasteiger partial charge in [-0.15, -0.1) is 0 Å². The second-order valence-electron chi connectivity index (χ2n) is 12.4. The van der Waals surface area contributed by atoms with Crippen LogP contribution in [0.15, 0.2) is 195 Å². The molecule has 5 nitrogen and oxygen atoms in total. The second kappa shape index (κ2) is 14.6. The zero-order chi connectivity index (χ0) is 34.2. The molecule has 6 aromatic carbocycles. The lowest BCUT2D eigenvalue weighted by Crippen LogP contribution is -2.53. The van der Waals surface area contributed by atoms with Gasteiger partial charge >= 0.3 is 5.97 Å². The number of carbonyl (C=O) groups excluding carboxylic acids is 1. The third kappa shape index (κ3) is 6.04. The molecule has 7 aromatic rings. The predicted molar refractivity (Wildman–Crippen MR) is 199 cm³/mol. The first kappa shape index (κ1) is 32.5. The van der Waals surface area contributed by atoms with Crippen molar-refractivity contribution in [1.82, 2.24) is 14.9 Å². The normalized spacial score (nSPS) is 12.3. The van der Waals surface area contributed by atoms with Crippen molar-refractivity contribution in [2.45, 2.75) is 23.5 Å². The SMILES string of the molecule is COC(=O)[C@H](Cc1cn(C(c2ccccc2)(c2ccccc2)c2ccccc2)cn1)NC(c1ccccc1)(c1ccccc1)c1ccccc1. The number of hydrogen-bond donors (Lipinski definition) is 1. The molecule has 0 aliphatic rings. The van der Waals surface area contributed by atoms with Crippen molar-refractivity contribution in [2.24, 2.45) is 0 Å². The minimum Gasteiger partial charge on any atom is -0.468 e. The van der Waals surface area contributed by atoms with E-state index in [1.54, 1.807) is 0 Å². The molecule has 0 spiro atoms. The zero-order valence-corrected chi connectivity index (χ0v) is 28.0. The quantitative estimate of drug-likeness (QED) is 0.106. The number of methoxy groups -OCH3 is 1. The van der Waals surface area contributed by atoms with E-state index in [4.69, 9.17) is 9.72 Å². The summed E-state index contributed by atoms with van der Waals surface area (Å²) >= 11 is 0. The molecule has 0 saturated heterocycles. The Morgan fingerprint density at radius 1 is 0.580 bits per heavy atom. The summed E-state index contributed by atoms with van der Waals surface area (Å²) in [7, 11) is 1.44. The molecular formula is C45H39N3O2. The van der Waals surface area contributed by atoms with Gasteiger partial charge in [-0.2, -0.15) is 0 Å². The van der Waals surface area contributed by atoms with Crippen molar-refractivity contribution in [3.05, 3.63) is 234 Å². The number of hydrogen-bond acceptors (Lipinski definition) is 4. The van der Waals surface area contributed by atoms with Gasteiger partial charge in [0.05, 0.1) is 24.7 Å². The van der Waals surface area contributed by atoms with Crippen LogP contribution < -0.4 is 5.32 Å². The molecule has 0 radical (unpaired) electrons. The first-order chi connectivity index (χ1) is 24.7. The van der Waals surface area contributed by atoms with Gasteiger partial charge in [0.25, 0.3) is 0 Å². The molecule has 0 aliphatic carbocycles. The molecule has 0 bridgehead atoms. The van der Waals surface area contributed by atoms with Crippen LogP contribution in [0.1, 0.15) is 39.1 Å². The summed E-state index contributed by atoms with van der Waals surface area (Å²) in [6.07, 6.45) is 4.25. The van der Waals surface area contributed by atoms with E-state index in [1.165, 1.54) is 7.11 Å². The van der Waals surface area contributed by atoms with Crippen molar-refractivity contribution in [2.75, 3.05) is 7.11 Å². The van der Waals surface area contributed by atoms with Crippen molar-refractivity contribution in [3.63, 3.8) is 0 Å². The number of imidazole rings is 1. The van der Waals surface area contributed by atoms with Gasteiger partial charge in [-0.3, -0.25) is 10.1 Å². The summed E-state index contributed by atoms with van der Waals surface area (Å²) in [5.41, 5.74) is 5.48. The molecule has 1 N–H and O–H groups in total. The molecule has 50 heavy (non-hydrogen) atoms. The summed E-state index contributed by atoms with van der Waals surface area (Å²) in [6.45, 7) is 0. The average molecular weight is 654 g/mol. The molecule has 0 unspecified atom stereocenters. The molecule has 0 aliphatic heterocycles. The Hall–Kier alpha value is -6.04. The molecule has 0 amide bonds. The Morgan fingerprint density at radius 3 is 1.26 bits per heavy atom. The topological polar surface area (TPSA) is 56.2 Å². The van der Waals surface area contributed by atoms with Crippen molar-refractivity contribution in [1.29, 1.82) is 0 Å². The molecule has 1 heterocycles. The average Bonchev–Trinajstić information content (AvgIpc) is 3.67. The Balaban J connectivity index is 1.37. The standard InChI is InChI=1S/C45H39N3O2/c1-50-43(49)42(47-44(35-20-8-2-9-21-35,36-22-10-3-11-23-36)37-24-12-4-13-25-37)32-41-33-48(34-46-41)45(38-26-14-5-15-27-38,39-28-16-6-17-29-39)40-30-18-7-19-31-40/h2-31,33-34,42,47H,32H2,1H3/t42-/m0/s1. The molecule has 1 atom stereocenters. The summed E-state index contributed by atoms with van der Waals surface area (Å²) in [5, 5.41) is 3.83. The van der Waals surface area contributed by atoms with Crippen molar-refractivity contribution >= 4 is 5.97 Å². The predicted octanol–water partition coefficient (Wildman–Crippen LogP) is 8.39. The fourth-order valence-electron chi connectivity index (χ4n) is 7.26. The maximum Gasteiger partial charge on any atom is 0.323 e. The van der Waals surface area contributed by atoms with Gasteiger partial charge in [0, 0.05) is 12.6 Å². The Labute approximate surface area is 293 Å². The summed E-state index contributed by atoms with van der Waals surface area (Å²) in [5.74, 6) is -0.368. The second-order valence-corrected chi connectivity index (χ2v) is 12.4. The maximum absolute atomic E-state index is 13.8. The van der Waals surface area contributed by atoms with Gasteiger partial charge < -0.3 is 9.30 Å². The van der Waals surface area contributed by atoms with Crippen LogP contribution in [0.3, 0.4) is 0 Å². The van der Waals surface area contributed by atoms with Crippen LogP contribution in [0.2, 0.25) is 0 Å². The van der Waals surface area contributed by atoms with Crippen molar-refractivity contribution < 1.29 is 9.53 Å². The molecule has 1 aromatic heterocycles. The lowest BCUT2D eigenvalue weighted by Gasteiger charge is -2.39. The minimum atomic E-state index is -0.868. The van der Waals surface area contributed by atoms with E-state index < -0.39 is 17.1 Å². The van der Waals surface area contributed by atoms with Crippen LogP contribution in [0.4, 0.5) is 0 Å². The van der Waals surface area contributed by atoms with Gasteiger partial charge in [-0.1, -0.05) is 182 Å². The Morgan fingerprint density at radius 2 is 0.920 bits per heavy atom. The smallest absolute Gasteiger partial charge is 0.323 e. The van der Waals surface area contributed by atoms with E-state index in [1.807, 2.05) is 79.1 Å². The van der Waals surface area contributed by atoms with E-state index in [2.05, 4.69) is 125 Å². The Kier molecular flexibility index (Phi) is 9.50. The molecular weight excluding hydrogens is 615 g/mol. The highest BCUT2D eigenvalue weighted by atomic mass is 16.5. The summed E-state index contributed by atoms with van der Waals surface area (Å²) in [6, 6.07) is 61.6. The number of esters is 1. The molecule has 5 heteroatoms. The monoisotopic (exact) mass is 653 g/mol. The molecule has 246 valence electrons. The number of rotatable bonds is 12. The van der Waals surface area contributed by atoms with Gasteiger partial charge in [0.15, 0.2) is 0 Å². The van der Waals surface area contributed by atoms with Crippen LogP contribution >= 0.6 is 0 Å².